The smallest absolute Gasteiger partial charge is 0.306 e. The molecule has 2 fully saturated rings. The second-order valence-corrected chi connectivity index (χ2v) is 6.71. The third-order valence-corrected chi connectivity index (χ3v) is 5.62. The molecule has 3 atom stereocenters. The van der Waals surface area contributed by atoms with E-state index >= 15 is 0 Å². The van der Waals surface area contributed by atoms with E-state index in [-0.39, 0.29) is 11.5 Å². The van der Waals surface area contributed by atoms with Gasteiger partial charge in [-0.1, -0.05) is 43.7 Å². The van der Waals surface area contributed by atoms with Gasteiger partial charge in [0, 0.05) is 18.1 Å². The van der Waals surface area contributed by atoms with Gasteiger partial charge in [-0.2, -0.15) is 0 Å². The van der Waals surface area contributed by atoms with Crippen LogP contribution in [0.25, 0.3) is 0 Å². The fourth-order valence-electron chi connectivity index (χ4n) is 4.48. The van der Waals surface area contributed by atoms with Crippen molar-refractivity contribution in [2.24, 2.45) is 5.92 Å². The molecular weight excluding hydrogens is 262 g/mol. The van der Waals surface area contributed by atoms with Crippen LogP contribution in [0, 0.1) is 5.92 Å². The van der Waals surface area contributed by atoms with Gasteiger partial charge in [-0.05, 0) is 37.7 Å². The summed E-state index contributed by atoms with van der Waals surface area (Å²) in [4.78, 5) is 14.1. The van der Waals surface area contributed by atoms with Crippen LogP contribution in [0.4, 0.5) is 0 Å². The average molecular weight is 287 g/mol. The predicted molar refractivity (Wildman–Crippen MR) is 83.0 cm³/mol. The van der Waals surface area contributed by atoms with Gasteiger partial charge in [-0.15, -0.1) is 0 Å². The lowest BCUT2D eigenvalue weighted by Gasteiger charge is -2.56. The summed E-state index contributed by atoms with van der Waals surface area (Å²) in [6.45, 7) is 3.19. The molecule has 0 radical (unpaired) electrons. The molecule has 1 aromatic rings. The molecule has 21 heavy (non-hydrogen) atoms. The Morgan fingerprint density at radius 3 is 2.81 bits per heavy atom. The van der Waals surface area contributed by atoms with Crippen molar-refractivity contribution >= 4 is 5.97 Å². The third-order valence-electron chi connectivity index (χ3n) is 5.62. The molecule has 2 aliphatic rings. The first-order chi connectivity index (χ1) is 10.1. The van der Waals surface area contributed by atoms with E-state index in [1.165, 1.54) is 12.0 Å². The van der Waals surface area contributed by atoms with Gasteiger partial charge in [0.1, 0.15) is 0 Å². The van der Waals surface area contributed by atoms with Crippen LogP contribution in [0.15, 0.2) is 30.3 Å². The van der Waals surface area contributed by atoms with Crippen LogP contribution in [-0.4, -0.2) is 27.6 Å². The summed E-state index contributed by atoms with van der Waals surface area (Å²) in [5.74, 6) is -0.749. The fourth-order valence-corrected chi connectivity index (χ4v) is 4.48. The van der Waals surface area contributed by atoms with Crippen molar-refractivity contribution in [1.29, 1.82) is 0 Å². The minimum absolute atomic E-state index is 0.0973. The molecule has 1 N–H and O–H groups in total. The van der Waals surface area contributed by atoms with Gasteiger partial charge in [0.2, 0.25) is 0 Å². The van der Waals surface area contributed by atoms with Crippen LogP contribution in [-0.2, 0) is 11.3 Å². The molecule has 0 amide bonds. The number of piperidine rings is 2. The lowest BCUT2D eigenvalue weighted by molar-refractivity contribution is -0.151. The highest BCUT2D eigenvalue weighted by molar-refractivity contribution is 5.70. The van der Waals surface area contributed by atoms with Crippen LogP contribution in [0.1, 0.15) is 51.0 Å². The SMILES string of the molecule is CCC12CCCC(CC(C(=O)O)C1)N2Cc1ccccc1. The first-order valence-corrected chi connectivity index (χ1v) is 8.18. The first kappa shape index (κ1) is 14.6. The fraction of sp³-hybridized carbons (Fsp3) is 0.611. The Labute approximate surface area is 127 Å². The predicted octanol–water partition coefficient (Wildman–Crippen LogP) is 3.68. The van der Waals surface area contributed by atoms with Gasteiger partial charge in [0.15, 0.2) is 0 Å². The van der Waals surface area contributed by atoms with Crippen molar-refractivity contribution in [2.75, 3.05) is 0 Å². The normalized spacial score (nSPS) is 32.8. The van der Waals surface area contributed by atoms with Crippen LogP contribution >= 0.6 is 0 Å². The Balaban J connectivity index is 1.86. The van der Waals surface area contributed by atoms with Crippen molar-refractivity contribution in [3.05, 3.63) is 35.9 Å². The lowest BCUT2D eigenvalue weighted by atomic mass is 9.68. The van der Waals surface area contributed by atoms with Gasteiger partial charge in [-0.25, -0.2) is 0 Å². The van der Waals surface area contributed by atoms with Crippen LogP contribution < -0.4 is 0 Å². The molecule has 1 aromatic carbocycles. The maximum absolute atomic E-state index is 11.5. The third kappa shape index (κ3) is 2.71. The van der Waals surface area contributed by atoms with Crippen LogP contribution in [0.5, 0.6) is 0 Å². The molecule has 3 unspecified atom stereocenters. The highest BCUT2D eigenvalue weighted by Crippen LogP contribution is 2.47. The molecule has 3 heteroatoms. The summed E-state index contributed by atoms with van der Waals surface area (Å²) in [6, 6.07) is 11.0. The number of hydrogen-bond acceptors (Lipinski definition) is 2. The lowest BCUT2D eigenvalue weighted by Crippen LogP contribution is -2.61. The zero-order valence-corrected chi connectivity index (χ0v) is 12.8. The highest BCUT2D eigenvalue weighted by atomic mass is 16.4. The summed E-state index contributed by atoms with van der Waals surface area (Å²) >= 11 is 0. The standard InChI is InChI=1S/C18H25NO2/c1-2-18-10-6-9-16(11-15(12-18)17(20)21)19(18)13-14-7-4-3-5-8-14/h3-5,7-8,15-16H,2,6,9-13H2,1H3,(H,20,21). The van der Waals surface area contributed by atoms with Gasteiger partial charge < -0.3 is 5.11 Å². The number of nitrogens with zero attached hydrogens (tertiary/aromatic N) is 1. The van der Waals surface area contributed by atoms with Gasteiger partial charge in [0.05, 0.1) is 5.92 Å². The van der Waals surface area contributed by atoms with E-state index < -0.39 is 5.97 Å². The summed E-state index contributed by atoms with van der Waals surface area (Å²) in [5.41, 5.74) is 1.44. The molecule has 114 valence electrons. The van der Waals surface area contributed by atoms with Gasteiger partial charge >= 0.3 is 5.97 Å². The highest BCUT2D eigenvalue weighted by Gasteiger charge is 2.49. The number of aliphatic carboxylic acids is 1. The molecule has 2 bridgehead atoms. The number of carboxylic acid groups (broad SMARTS) is 1. The zero-order chi connectivity index (χ0) is 14.9. The first-order valence-electron chi connectivity index (χ1n) is 8.18. The maximum Gasteiger partial charge on any atom is 0.306 e. The summed E-state index contributed by atoms with van der Waals surface area (Å²) in [7, 11) is 0. The van der Waals surface area contributed by atoms with Gasteiger partial charge in [-0.3, -0.25) is 9.69 Å². The Bertz CT molecular complexity index is 501. The number of carboxylic acids is 1. The average Bonchev–Trinajstić information content (AvgIpc) is 2.48. The van der Waals surface area contributed by atoms with E-state index in [1.54, 1.807) is 0 Å². The topological polar surface area (TPSA) is 40.5 Å². The minimum Gasteiger partial charge on any atom is -0.481 e. The molecule has 3 rings (SSSR count). The molecule has 0 saturated carbocycles. The Hall–Kier alpha value is -1.35. The van der Waals surface area contributed by atoms with E-state index in [1.807, 2.05) is 0 Å². The Morgan fingerprint density at radius 2 is 2.14 bits per heavy atom. The number of rotatable bonds is 4. The summed E-state index contributed by atoms with van der Waals surface area (Å²) in [6.07, 6.45) is 6.25. The largest absolute Gasteiger partial charge is 0.481 e. The monoisotopic (exact) mass is 287 g/mol. The second kappa shape index (κ2) is 5.80. The molecule has 2 heterocycles. The van der Waals surface area contributed by atoms with E-state index in [4.69, 9.17) is 0 Å². The molecule has 0 aromatic heterocycles. The molecule has 2 aliphatic heterocycles. The van der Waals surface area contributed by atoms with E-state index in [2.05, 4.69) is 42.2 Å². The van der Waals surface area contributed by atoms with E-state index in [0.717, 1.165) is 38.6 Å². The van der Waals surface area contributed by atoms with Crippen molar-refractivity contribution in [2.45, 2.75) is 63.6 Å². The number of benzene rings is 1. The van der Waals surface area contributed by atoms with Crippen LogP contribution in [0.2, 0.25) is 0 Å². The number of fused-ring (bicyclic) bond motifs is 2. The molecule has 3 nitrogen and oxygen atoms in total. The van der Waals surface area contributed by atoms with Crippen LogP contribution in [0.3, 0.4) is 0 Å². The van der Waals surface area contributed by atoms with Gasteiger partial charge in [0.25, 0.3) is 0 Å². The van der Waals surface area contributed by atoms with Crippen molar-refractivity contribution < 1.29 is 9.90 Å². The Morgan fingerprint density at radius 1 is 1.38 bits per heavy atom. The molecular formula is C18H25NO2. The quantitative estimate of drug-likeness (QED) is 0.918. The van der Waals surface area contributed by atoms with Crippen molar-refractivity contribution in [1.82, 2.24) is 4.90 Å². The molecule has 0 aliphatic carbocycles. The second-order valence-electron chi connectivity index (χ2n) is 6.71. The van der Waals surface area contributed by atoms with Crippen molar-refractivity contribution in [3.63, 3.8) is 0 Å². The number of hydrogen-bond donors (Lipinski definition) is 1. The van der Waals surface area contributed by atoms with Crippen molar-refractivity contribution in [3.8, 4) is 0 Å². The number of carbonyl (C=O) groups is 1. The summed E-state index contributed by atoms with van der Waals surface area (Å²) < 4.78 is 0. The molecule has 2 saturated heterocycles. The molecule has 0 spiro atoms. The van der Waals surface area contributed by atoms with E-state index in [0.29, 0.717) is 6.04 Å². The zero-order valence-electron chi connectivity index (χ0n) is 12.8. The van der Waals surface area contributed by atoms with E-state index in [9.17, 15) is 9.90 Å². The summed E-state index contributed by atoms with van der Waals surface area (Å²) in [5, 5.41) is 9.46. The minimum atomic E-state index is -0.598. The Kier molecular flexibility index (Phi) is 4.03. The maximum atomic E-state index is 11.5.